The van der Waals surface area contributed by atoms with Gasteiger partial charge in [0.15, 0.2) is 0 Å². The van der Waals surface area contributed by atoms with Crippen molar-refractivity contribution in [3.8, 4) is 5.75 Å². The van der Waals surface area contributed by atoms with E-state index < -0.39 is 8.32 Å². The molecule has 5 heteroatoms. The predicted molar refractivity (Wildman–Crippen MR) is 126 cm³/mol. The fourth-order valence-electron chi connectivity index (χ4n) is 4.41. The van der Waals surface area contributed by atoms with Crippen LogP contribution in [0.15, 0.2) is 72.9 Å². The Kier molecular flexibility index (Phi) is 6.01. The Hall–Kier alpha value is -2.14. The van der Waals surface area contributed by atoms with Crippen molar-refractivity contribution in [2.45, 2.75) is 44.8 Å². The lowest BCUT2D eigenvalue weighted by Gasteiger charge is -2.44. The molecular weight excluding hydrogens is 410 g/mol. The lowest BCUT2D eigenvalue weighted by Crippen LogP contribution is -2.67. The van der Waals surface area contributed by atoms with E-state index in [4.69, 9.17) is 20.8 Å². The van der Waals surface area contributed by atoms with Crippen LogP contribution in [0.25, 0.3) is 0 Å². The normalized spacial score (nSPS) is 16.6. The average Bonchev–Trinajstić information content (AvgIpc) is 2.75. The first kappa shape index (κ1) is 21.1. The molecule has 1 atom stereocenters. The van der Waals surface area contributed by atoms with Crippen molar-refractivity contribution in [1.82, 2.24) is 4.98 Å². The topological polar surface area (TPSA) is 31.4 Å². The van der Waals surface area contributed by atoms with Crippen LogP contribution in [0.1, 0.15) is 32.8 Å². The van der Waals surface area contributed by atoms with E-state index in [2.05, 4.69) is 86.4 Å². The zero-order chi connectivity index (χ0) is 21.2. The highest BCUT2D eigenvalue weighted by Gasteiger charge is 2.50. The fourth-order valence-corrected chi connectivity index (χ4v) is 9.18. The smallest absolute Gasteiger partial charge is 0.261 e. The summed E-state index contributed by atoms with van der Waals surface area (Å²) in [6.07, 6.45) is 3.56. The fraction of sp³-hybridized carbons (Fsp3) is 0.320. The zero-order valence-electron chi connectivity index (χ0n) is 17.8. The molecule has 156 valence electrons. The molecule has 3 aromatic rings. The number of aryl methyl sites for hydroxylation is 1. The van der Waals surface area contributed by atoms with Gasteiger partial charge in [0, 0.05) is 0 Å². The van der Waals surface area contributed by atoms with Crippen molar-refractivity contribution in [3.05, 3.63) is 83.6 Å². The first-order valence-electron chi connectivity index (χ1n) is 10.5. The molecule has 2 heterocycles. The van der Waals surface area contributed by atoms with Crippen molar-refractivity contribution in [1.29, 1.82) is 0 Å². The van der Waals surface area contributed by atoms with Crippen molar-refractivity contribution < 1.29 is 9.16 Å². The van der Waals surface area contributed by atoms with Crippen LogP contribution in [-0.4, -0.2) is 26.0 Å². The number of pyridine rings is 1. The Morgan fingerprint density at radius 2 is 1.63 bits per heavy atom. The highest BCUT2D eigenvalue weighted by atomic mass is 35.5. The number of halogens is 1. The van der Waals surface area contributed by atoms with E-state index in [1.807, 2.05) is 6.07 Å². The van der Waals surface area contributed by atoms with E-state index in [-0.39, 0.29) is 11.1 Å². The molecule has 0 saturated carbocycles. The van der Waals surface area contributed by atoms with Crippen LogP contribution in [0.5, 0.6) is 5.75 Å². The molecule has 0 N–H and O–H groups in total. The maximum Gasteiger partial charge on any atom is 0.261 e. The van der Waals surface area contributed by atoms with E-state index >= 15 is 0 Å². The van der Waals surface area contributed by atoms with Crippen LogP contribution in [-0.2, 0) is 10.8 Å². The number of hydrogen-bond acceptors (Lipinski definition) is 3. The van der Waals surface area contributed by atoms with Gasteiger partial charge < -0.3 is 9.16 Å². The molecule has 0 bridgehead atoms. The molecule has 0 saturated heterocycles. The van der Waals surface area contributed by atoms with Gasteiger partial charge in [0.25, 0.3) is 8.32 Å². The molecular formula is C25H28ClNO2Si. The predicted octanol–water partition coefficient (Wildman–Crippen LogP) is 5.01. The quantitative estimate of drug-likeness (QED) is 0.415. The molecule has 30 heavy (non-hydrogen) atoms. The summed E-state index contributed by atoms with van der Waals surface area (Å²) in [5.74, 6) is 0.821. The highest BCUT2D eigenvalue weighted by molar-refractivity contribution is 6.99. The van der Waals surface area contributed by atoms with E-state index in [0.29, 0.717) is 11.8 Å². The molecule has 1 unspecified atom stereocenters. The third-order valence-corrected chi connectivity index (χ3v) is 11.1. The zero-order valence-corrected chi connectivity index (χ0v) is 19.5. The summed E-state index contributed by atoms with van der Waals surface area (Å²) in [4.78, 5) is 4.18. The van der Waals surface area contributed by atoms with Gasteiger partial charge >= 0.3 is 0 Å². The minimum Gasteiger partial charge on any atom is -0.486 e. The molecule has 1 aliphatic heterocycles. The summed E-state index contributed by atoms with van der Waals surface area (Å²) < 4.78 is 13.3. The van der Waals surface area contributed by atoms with Crippen molar-refractivity contribution >= 4 is 30.3 Å². The van der Waals surface area contributed by atoms with Gasteiger partial charge in [0.2, 0.25) is 0 Å². The second kappa shape index (κ2) is 8.54. The Labute approximate surface area is 185 Å². The molecule has 0 fully saturated rings. The summed E-state index contributed by atoms with van der Waals surface area (Å²) in [7, 11) is -2.55. The van der Waals surface area contributed by atoms with Crippen molar-refractivity contribution in [3.63, 3.8) is 0 Å². The van der Waals surface area contributed by atoms with Crippen LogP contribution in [0, 0.1) is 0 Å². The molecule has 0 amide bonds. The third-order valence-electron chi connectivity index (χ3n) is 5.85. The van der Waals surface area contributed by atoms with Crippen LogP contribution >= 0.6 is 11.6 Å². The van der Waals surface area contributed by atoms with Gasteiger partial charge in [-0.1, -0.05) is 93.0 Å². The summed E-state index contributed by atoms with van der Waals surface area (Å²) in [6.45, 7) is 7.43. The van der Waals surface area contributed by atoms with Crippen LogP contribution in [0.3, 0.4) is 0 Å². The minimum atomic E-state index is -2.55. The van der Waals surface area contributed by atoms with Gasteiger partial charge in [-0.3, -0.25) is 0 Å². The molecule has 3 nitrogen and oxygen atoms in total. The summed E-state index contributed by atoms with van der Waals surface area (Å²) >= 11 is 6.03. The Morgan fingerprint density at radius 3 is 2.20 bits per heavy atom. The molecule has 1 aliphatic rings. The van der Waals surface area contributed by atoms with Gasteiger partial charge in [0.1, 0.15) is 17.0 Å². The second-order valence-electron chi connectivity index (χ2n) is 8.87. The third kappa shape index (κ3) is 4.04. The van der Waals surface area contributed by atoms with E-state index in [9.17, 15) is 0 Å². The molecule has 0 aliphatic carbocycles. The number of nitrogens with zero attached hydrogens (tertiary/aromatic N) is 1. The molecule has 2 aromatic carbocycles. The number of benzene rings is 2. The average molecular weight is 438 g/mol. The minimum absolute atomic E-state index is 0.00197. The first-order valence-corrected chi connectivity index (χ1v) is 12.7. The van der Waals surface area contributed by atoms with E-state index in [1.165, 1.54) is 10.4 Å². The highest BCUT2D eigenvalue weighted by Crippen LogP contribution is 2.37. The number of aromatic nitrogens is 1. The SMILES string of the molecule is CC(C)(C)[Si](OCC1CCc2cc(Cl)ncc2O1)(c1ccccc1)c1ccccc1. The van der Waals surface area contributed by atoms with Crippen molar-refractivity contribution in [2.75, 3.05) is 6.61 Å². The lowest BCUT2D eigenvalue weighted by molar-refractivity contribution is 0.104. The summed E-state index contributed by atoms with van der Waals surface area (Å²) in [5, 5.41) is 3.04. The number of hydrogen-bond donors (Lipinski definition) is 0. The van der Waals surface area contributed by atoms with E-state index in [1.54, 1.807) is 6.20 Å². The van der Waals surface area contributed by atoms with Crippen LogP contribution in [0.2, 0.25) is 10.2 Å². The molecule has 0 radical (unpaired) electrons. The first-order chi connectivity index (χ1) is 14.4. The maximum absolute atomic E-state index is 7.01. The Morgan fingerprint density at radius 1 is 1.03 bits per heavy atom. The maximum atomic E-state index is 7.01. The summed E-state index contributed by atoms with van der Waals surface area (Å²) in [5.41, 5.74) is 1.12. The summed E-state index contributed by atoms with van der Waals surface area (Å²) in [6, 6.07) is 23.3. The molecule has 4 rings (SSSR count). The van der Waals surface area contributed by atoms with Crippen LogP contribution < -0.4 is 15.1 Å². The van der Waals surface area contributed by atoms with Gasteiger partial charge in [0.05, 0.1) is 12.8 Å². The van der Waals surface area contributed by atoms with Gasteiger partial charge in [-0.25, -0.2) is 4.98 Å². The number of fused-ring (bicyclic) bond motifs is 1. The van der Waals surface area contributed by atoms with E-state index in [0.717, 1.165) is 24.2 Å². The van der Waals surface area contributed by atoms with Crippen molar-refractivity contribution in [2.24, 2.45) is 0 Å². The second-order valence-corrected chi connectivity index (χ2v) is 13.6. The monoisotopic (exact) mass is 437 g/mol. The molecule has 0 spiro atoms. The largest absolute Gasteiger partial charge is 0.486 e. The lowest BCUT2D eigenvalue weighted by atomic mass is 10.0. The van der Waals surface area contributed by atoms with Crippen LogP contribution in [0.4, 0.5) is 0 Å². The Balaban J connectivity index is 1.67. The van der Waals surface area contributed by atoms with Gasteiger partial charge in [-0.05, 0) is 39.9 Å². The number of ether oxygens (including phenoxy) is 1. The van der Waals surface area contributed by atoms with Gasteiger partial charge in [-0.2, -0.15) is 0 Å². The standard InChI is InChI=1S/C25H28ClNO2Si/c1-25(2,3)30(21-10-6-4-7-11-21,22-12-8-5-9-13-22)28-18-20-15-14-19-16-24(26)27-17-23(19)29-20/h4-13,16-17,20H,14-15,18H2,1-3H3. The molecule has 1 aromatic heterocycles. The Bertz CT molecular complexity index is 950. The van der Waals surface area contributed by atoms with Gasteiger partial charge in [-0.15, -0.1) is 0 Å². The number of rotatable bonds is 5.